The Morgan fingerprint density at radius 2 is 1.63 bits per heavy atom. The van der Waals surface area contributed by atoms with Crippen molar-refractivity contribution in [2.75, 3.05) is 5.32 Å². The van der Waals surface area contributed by atoms with Gasteiger partial charge in [-0.15, -0.1) is 0 Å². The zero-order valence-corrected chi connectivity index (χ0v) is 14.6. The van der Waals surface area contributed by atoms with Gasteiger partial charge in [0, 0.05) is 11.8 Å². The second-order valence-corrected chi connectivity index (χ2v) is 6.11. The van der Waals surface area contributed by atoms with E-state index in [-0.39, 0.29) is 5.91 Å². The maximum Gasteiger partial charge on any atom is 0.257 e. The van der Waals surface area contributed by atoms with Gasteiger partial charge < -0.3 is 10.1 Å². The third-order valence-electron chi connectivity index (χ3n) is 4.27. The topological polar surface area (TPSA) is 51.2 Å². The van der Waals surface area contributed by atoms with Crippen molar-refractivity contribution in [1.29, 1.82) is 0 Å². The lowest BCUT2D eigenvalue weighted by molar-refractivity contribution is 0.102. The van der Waals surface area contributed by atoms with Crippen LogP contribution in [0.3, 0.4) is 0 Å². The van der Waals surface area contributed by atoms with Crippen molar-refractivity contribution in [3.8, 4) is 5.75 Å². The predicted molar refractivity (Wildman–Crippen MR) is 107 cm³/mol. The summed E-state index contributed by atoms with van der Waals surface area (Å²) in [6.07, 6.45) is 1.63. The van der Waals surface area contributed by atoms with Crippen molar-refractivity contribution in [2.45, 2.75) is 6.61 Å². The number of pyridine rings is 1. The maximum absolute atomic E-state index is 12.8. The first-order chi connectivity index (χ1) is 13.3. The molecule has 0 saturated heterocycles. The first kappa shape index (κ1) is 16.8. The van der Waals surface area contributed by atoms with Crippen LogP contribution in [0.5, 0.6) is 5.75 Å². The van der Waals surface area contributed by atoms with Gasteiger partial charge >= 0.3 is 0 Å². The molecule has 27 heavy (non-hydrogen) atoms. The standard InChI is InChI=1S/C23H18N2O2/c26-23(20-13-6-11-18-10-4-5-12-19(18)20)25-22-21(14-7-15-24-22)27-16-17-8-2-1-3-9-17/h1-15H,16H2,(H,24,25,26). The molecule has 0 aliphatic carbocycles. The van der Waals surface area contributed by atoms with E-state index in [1.165, 1.54) is 0 Å². The molecule has 4 nitrogen and oxygen atoms in total. The van der Waals surface area contributed by atoms with Gasteiger partial charge in [-0.05, 0) is 34.5 Å². The minimum absolute atomic E-state index is 0.213. The van der Waals surface area contributed by atoms with Crippen molar-refractivity contribution in [2.24, 2.45) is 0 Å². The van der Waals surface area contributed by atoms with Crippen molar-refractivity contribution >= 4 is 22.5 Å². The van der Waals surface area contributed by atoms with Gasteiger partial charge in [-0.2, -0.15) is 0 Å². The number of carbonyl (C=O) groups excluding carboxylic acids is 1. The third kappa shape index (κ3) is 3.80. The van der Waals surface area contributed by atoms with Crippen LogP contribution in [-0.2, 0) is 6.61 Å². The molecule has 0 aliphatic rings. The van der Waals surface area contributed by atoms with E-state index >= 15 is 0 Å². The number of benzene rings is 3. The van der Waals surface area contributed by atoms with E-state index in [0.29, 0.717) is 23.7 Å². The van der Waals surface area contributed by atoms with Crippen molar-refractivity contribution < 1.29 is 9.53 Å². The summed E-state index contributed by atoms with van der Waals surface area (Å²) in [4.78, 5) is 17.1. The lowest BCUT2D eigenvalue weighted by atomic mass is 10.0. The van der Waals surface area contributed by atoms with Gasteiger partial charge in [0.15, 0.2) is 11.6 Å². The second-order valence-electron chi connectivity index (χ2n) is 6.11. The van der Waals surface area contributed by atoms with Crippen LogP contribution in [0.25, 0.3) is 10.8 Å². The largest absolute Gasteiger partial charge is 0.485 e. The number of aromatic nitrogens is 1. The van der Waals surface area contributed by atoms with Crippen LogP contribution in [0.15, 0.2) is 91.1 Å². The number of ether oxygens (including phenoxy) is 1. The van der Waals surface area contributed by atoms with Crippen LogP contribution < -0.4 is 10.1 Å². The van der Waals surface area contributed by atoms with E-state index in [0.717, 1.165) is 16.3 Å². The number of rotatable bonds is 5. The lowest BCUT2D eigenvalue weighted by Crippen LogP contribution is -2.14. The minimum atomic E-state index is -0.213. The van der Waals surface area contributed by atoms with E-state index in [4.69, 9.17) is 4.74 Å². The highest BCUT2D eigenvalue weighted by molar-refractivity contribution is 6.12. The summed E-state index contributed by atoms with van der Waals surface area (Å²) >= 11 is 0. The van der Waals surface area contributed by atoms with Crippen molar-refractivity contribution in [1.82, 2.24) is 4.98 Å². The van der Waals surface area contributed by atoms with Gasteiger partial charge in [0.25, 0.3) is 5.91 Å². The Morgan fingerprint density at radius 1 is 0.852 bits per heavy atom. The van der Waals surface area contributed by atoms with Crippen molar-refractivity contribution in [3.63, 3.8) is 0 Å². The molecule has 132 valence electrons. The van der Waals surface area contributed by atoms with Crippen LogP contribution in [0, 0.1) is 0 Å². The van der Waals surface area contributed by atoms with Crippen LogP contribution >= 0.6 is 0 Å². The zero-order chi connectivity index (χ0) is 18.5. The van der Waals surface area contributed by atoms with Gasteiger partial charge in [-0.25, -0.2) is 4.98 Å². The average Bonchev–Trinajstić information content (AvgIpc) is 2.73. The summed E-state index contributed by atoms with van der Waals surface area (Å²) in [6.45, 7) is 0.406. The van der Waals surface area contributed by atoms with Gasteiger partial charge in [0.1, 0.15) is 6.61 Å². The maximum atomic E-state index is 12.8. The Labute approximate surface area is 157 Å². The number of nitrogens with one attached hydrogen (secondary N) is 1. The van der Waals surface area contributed by atoms with E-state index < -0.39 is 0 Å². The summed E-state index contributed by atoms with van der Waals surface area (Å²) in [5.41, 5.74) is 1.65. The first-order valence-electron chi connectivity index (χ1n) is 8.72. The summed E-state index contributed by atoms with van der Waals surface area (Å²) in [5, 5.41) is 4.80. The smallest absolute Gasteiger partial charge is 0.257 e. The molecule has 1 N–H and O–H groups in total. The zero-order valence-electron chi connectivity index (χ0n) is 14.6. The molecule has 4 rings (SSSR count). The molecule has 4 heteroatoms. The quantitative estimate of drug-likeness (QED) is 0.545. The summed E-state index contributed by atoms with van der Waals surface area (Å²) in [5.74, 6) is 0.733. The highest BCUT2D eigenvalue weighted by Gasteiger charge is 2.13. The molecule has 0 aliphatic heterocycles. The van der Waals surface area contributed by atoms with Crippen LogP contribution in [0.4, 0.5) is 5.82 Å². The Morgan fingerprint density at radius 3 is 2.52 bits per heavy atom. The normalized spacial score (nSPS) is 10.5. The van der Waals surface area contributed by atoms with Crippen molar-refractivity contribution in [3.05, 3.63) is 102 Å². The Balaban J connectivity index is 1.56. The van der Waals surface area contributed by atoms with E-state index in [2.05, 4.69) is 10.3 Å². The molecule has 0 unspecified atom stereocenters. The summed E-state index contributed by atoms with van der Waals surface area (Å²) in [6, 6.07) is 26.9. The van der Waals surface area contributed by atoms with Gasteiger partial charge in [0.2, 0.25) is 0 Å². The fraction of sp³-hybridized carbons (Fsp3) is 0.0435. The fourth-order valence-corrected chi connectivity index (χ4v) is 2.93. The molecule has 1 heterocycles. The summed E-state index contributed by atoms with van der Waals surface area (Å²) in [7, 11) is 0. The number of hydrogen-bond donors (Lipinski definition) is 1. The molecule has 0 bridgehead atoms. The highest BCUT2D eigenvalue weighted by Crippen LogP contribution is 2.24. The first-order valence-corrected chi connectivity index (χ1v) is 8.72. The lowest BCUT2D eigenvalue weighted by Gasteiger charge is -2.12. The third-order valence-corrected chi connectivity index (χ3v) is 4.27. The molecular formula is C23H18N2O2. The number of amides is 1. The Kier molecular flexibility index (Phi) is 4.79. The van der Waals surface area contributed by atoms with Gasteiger partial charge in [-0.3, -0.25) is 4.79 Å². The molecule has 1 aromatic heterocycles. The van der Waals surface area contributed by atoms with Gasteiger partial charge in [-0.1, -0.05) is 66.7 Å². The molecule has 0 saturated carbocycles. The van der Waals surface area contributed by atoms with Crippen LogP contribution in [-0.4, -0.2) is 10.9 Å². The molecule has 4 aromatic rings. The molecule has 0 radical (unpaired) electrons. The van der Waals surface area contributed by atoms with E-state index in [9.17, 15) is 4.79 Å². The van der Waals surface area contributed by atoms with E-state index in [1.807, 2.05) is 72.8 Å². The summed E-state index contributed by atoms with van der Waals surface area (Å²) < 4.78 is 5.87. The minimum Gasteiger partial charge on any atom is -0.485 e. The van der Waals surface area contributed by atoms with Gasteiger partial charge in [0.05, 0.1) is 0 Å². The molecule has 0 atom stereocenters. The van der Waals surface area contributed by atoms with Crippen LogP contribution in [0.2, 0.25) is 0 Å². The second kappa shape index (κ2) is 7.70. The molecule has 0 spiro atoms. The fourth-order valence-electron chi connectivity index (χ4n) is 2.93. The highest BCUT2D eigenvalue weighted by atomic mass is 16.5. The molecule has 1 amide bonds. The predicted octanol–water partition coefficient (Wildman–Crippen LogP) is 5.07. The number of carbonyl (C=O) groups is 1. The molecular weight excluding hydrogens is 336 g/mol. The van der Waals surface area contributed by atoms with E-state index in [1.54, 1.807) is 18.3 Å². The number of fused-ring (bicyclic) bond motifs is 1. The SMILES string of the molecule is O=C(Nc1ncccc1OCc1ccccc1)c1cccc2ccccc12. The molecule has 3 aromatic carbocycles. The number of nitrogens with zero attached hydrogens (tertiary/aromatic N) is 1. The van der Waals surface area contributed by atoms with Crippen LogP contribution in [0.1, 0.15) is 15.9 Å². The molecule has 0 fully saturated rings. The number of hydrogen-bond acceptors (Lipinski definition) is 3. The monoisotopic (exact) mass is 354 g/mol. The number of anilines is 1. The Bertz CT molecular complexity index is 1070. The Hall–Kier alpha value is -3.66. The average molecular weight is 354 g/mol.